The summed E-state index contributed by atoms with van der Waals surface area (Å²) in [6, 6.07) is 9.08. The van der Waals surface area contributed by atoms with Crippen molar-refractivity contribution in [3.8, 4) is 23.0 Å². The molecule has 0 fully saturated rings. The Kier molecular flexibility index (Phi) is 8.59. The summed E-state index contributed by atoms with van der Waals surface area (Å²) in [7, 11) is 4.62. The van der Waals surface area contributed by atoms with E-state index in [-0.39, 0.29) is 42.1 Å². The minimum atomic E-state index is -0.689. The van der Waals surface area contributed by atoms with Gasteiger partial charge in [0.2, 0.25) is 0 Å². The van der Waals surface area contributed by atoms with Crippen LogP contribution in [0.15, 0.2) is 57.3 Å². The maximum atomic E-state index is 13.9. The van der Waals surface area contributed by atoms with Gasteiger partial charge in [0, 0.05) is 29.3 Å². The average molecular weight is 601 g/mol. The fourth-order valence-electron chi connectivity index (χ4n) is 5.22. The summed E-state index contributed by atoms with van der Waals surface area (Å²) in [5, 5.41) is 13.8. The molecular formula is C30H34BrNO7. The molecule has 0 radical (unpaired) electrons. The lowest BCUT2D eigenvalue weighted by Gasteiger charge is -2.37. The summed E-state index contributed by atoms with van der Waals surface area (Å²) in [5.74, 6) is 0.218. The van der Waals surface area contributed by atoms with E-state index >= 15 is 0 Å². The van der Waals surface area contributed by atoms with E-state index in [0.29, 0.717) is 44.8 Å². The van der Waals surface area contributed by atoms with Gasteiger partial charge in [-0.3, -0.25) is 4.79 Å². The maximum absolute atomic E-state index is 13.9. The molecule has 0 saturated carbocycles. The Morgan fingerprint density at radius 1 is 1.03 bits per heavy atom. The van der Waals surface area contributed by atoms with Crippen molar-refractivity contribution in [3.05, 3.63) is 68.5 Å². The number of phenolic OH excluding ortho intramolecular Hbond substituents is 1. The Labute approximate surface area is 237 Å². The van der Waals surface area contributed by atoms with Crippen molar-refractivity contribution < 1.29 is 33.6 Å². The number of benzene rings is 2. The van der Waals surface area contributed by atoms with Gasteiger partial charge >= 0.3 is 5.97 Å². The van der Waals surface area contributed by atoms with Crippen LogP contribution in [0.4, 0.5) is 0 Å². The number of esters is 1. The number of dihydropyridines is 1. The molecule has 0 amide bonds. The fraction of sp³-hybridized carbons (Fsp3) is 0.400. The van der Waals surface area contributed by atoms with E-state index in [4.69, 9.17) is 18.9 Å². The van der Waals surface area contributed by atoms with Crippen LogP contribution in [0.5, 0.6) is 23.0 Å². The van der Waals surface area contributed by atoms with E-state index in [1.165, 1.54) is 7.11 Å². The van der Waals surface area contributed by atoms with Crippen molar-refractivity contribution in [2.24, 2.45) is 5.92 Å². The van der Waals surface area contributed by atoms with Gasteiger partial charge in [-0.2, -0.15) is 0 Å². The number of ether oxygens (including phenoxy) is 4. The number of nitrogens with one attached hydrogen (secondary N) is 1. The fourth-order valence-corrected chi connectivity index (χ4v) is 5.68. The maximum Gasteiger partial charge on any atom is 0.336 e. The minimum Gasteiger partial charge on any atom is -0.503 e. The Morgan fingerprint density at radius 3 is 2.33 bits per heavy atom. The van der Waals surface area contributed by atoms with Gasteiger partial charge in [-0.15, -0.1) is 0 Å². The van der Waals surface area contributed by atoms with Crippen LogP contribution >= 0.6 is 15.9 Å². The van der Waals surface area contributed by atoms with Gasteiger partial charge in [0.15, 0.2) is 28.8 Å². The number of aromatic hydroxyl groups is 1. The quantitative estimate of drug-likeness (QED) is 0.370. The lowest BCUT2D eigenvalue weighted by atomic mass is 9.71. The molecule has 39 heavy (non-hydrogen) atoms. The summed E-state index contributed by atoms with van der Waals surface area (Å²) in [5.41, 5.74) is 3.87. The van der Waals surface area contributed by atoms with Gasteiger partial charge in [-0.05, 0) is 76.5 Å². The second-order valence-corrected chi connectivity index (χ2v) is 11.0. The van der Waals surface area contributed by atoms with Gasteiger partial charge in [-0.25, -0.2) is 4.79 Å². The average Bonchev–Trinajstić information content (AvgIpc) is 2.91. The lowest BCUT2D eigenvalue weighted by molar-refractivity contribution is -0.140. The largest absolute Gasteiger partial charge is 0.503 e. The predicted molar refractivity (Wildman–Crippen MR) is 150 cm³/mol. The predicted octanol–water partition coefficient (Wildman–Crippen LogP) is 5.74. The van der Waals surface area contributed by atoms with E-state index < -0.39 is 11.9 Å². The zero-order chi connectivity index (χ0) is 28.4. The number of rotatable bonds is 8. The molecule has 1 aliphatic heterocycles. The molecule has 1 heterocycles. The van der Waals surface area contributed by atoms with Gasteiger partial charge in [0.25, 0.3) is 0 Å². The highest BCUT2D eigenvalue weighted by Crippen LogP contribution is 2.48. The number of hydrogen-bond acceptors (Lipinski definition) is 8. The van der Waals surface area contributed by atoms with Crippen LogP contribution in [0.25, 0.3) is 0 Å². The molecule has 9 heteroatoms. The third kappa shape index (κ3) is 5.64. The van der Waals surface area contributed by atoms with Crippen LogP contribution in [0.1, 0.15) is 56.6 Å². The van der Waals surface area contributed by atoms with E-state index in [9.17, 15) is 14.7 Å². The van der Waals surface area contributed by atoms with Gasteiger partial charge < -0.3 is 29.4 Å². The summed E-state index contributed by atoms with van der Waals surface area (Å²) in [6.07, 6.45) is 0.825. The Morgan fingerprint density at radius 2 is 1.69 bits per heavy atom. The van der Waals surface area contributed by atoms with E-state index in [0.717, 1.165) is 11.3 Å². The van der Waals surface area contributed by atoms with Crippen molar-refractivity contribution in [3.63, 3.8) is 0 Å². The molecule has 8 nitrogen and oxygen atoms in total. The number of carbonyl (C=O) groups is 2. The van der Waals surface area contributed by atoms with Crippen LogP contribution < -0.4 is 19.5 Å². The molecule has 4 rings (SSSR count). The second kappa shape index (κ2) is 11.7. The number of allylic oxidation sites excluding steroid dienone is 3. The molecule has 1 aliphatic carbocycles. The molecule has 0 saturated heterocycles. The van der Waals surface area contributed by atoms with Gasteiger partial charge in [0.05, 0.1) is 38.0 Å². The monoisotopic (exact) mass is 599 g/mol. The Bertz CT molecular complexity index is 1360. The normalized spacial score (nSPS) is 19.0. The number of phenols is 1. The first-order chi connectivity index (χ1) is 18.6. The van der Waals surface area contributed by atoms with Crippen molar-refractivity contribution in [1.82, 2.24) is 5.32 Å². The first-order valence-corrected chi connectivity index (χ1v) is 13.6. The highest BCUT2D eigenvalue weighted by Gasteiger charge is 2.42. The summed E-state index contributed by atoms with van der Waals surface area (Å²) < 4.78 is 22.3. The molecule has 0 spiro atoms. The Hall–Kier alpha value is -3.46. The minimum absolute atomic E-state index is 0.0579. The van der Waals surface area contributed by atoms with Gasteiger partial charge in [0.1, 0.15) is 0 Å². The number of methoxy groups -OCH3 is 3. The first kappa shape index (κ1) is 28.5. The SMILES string of the molecule is COc1ccc([C@@H]2CC(=O)C3=C(C2)NC(C)=C(C(=O)OCC(C)C)[C@H]3c2cc(Br)c(O)c(OC)c2)cc1OC. The third-order valence-electron chi connectivity index (χ3n) is 7.08. The van der Waals surface area contributed by atoms with E-state index in [2.05, 4.69) is 21.2 Å². The standard InChI is InChI=1S/C30H34BrNO7/c1-15(2)14-39-30(35)26-16(3)32-21-10-18(17-7-8-23(36-4)24(12-17)37-5)11-22(33)28(21)27(26)19-9-20(31)29(34)25(13-19)38-6/h7-9,12-13,15,18,27,32,34H,10-11,14H2,1-6H3/t18-,27+/m0/s1. The highest BCUT2D eigenvalue weighted by molar-refractivity contribution is 9.10. The smallest absolute Gasteiger partial charge is 0.336 e. The van der Waals surface area contributed by atoms with E-state index in [1.807, 2.05) is 39.0 Å². The van der Waals surface area contributed by atoms with E-state index in [1.54, 1.807) is 26.4 Å². The van der Waals surface area contributed by atoms with Gasteiger partial charge in [-0.1, -0.05) is 19.9 Å². The van der Waals surface area contributed by atoms with Crippen LogP contribution in [-0.4, -0.2) is 44.8 Å². The summed E-state index contributed by atoms with van der Waals surface area (Å²) in [6.45, 7) is 6.01. The van der Waals surface area contributed by atoms with Crippen LogP contribution in [0.2, 0.25) is 0 Å². The first-order valence-electron chi connectivity index (χ1n) is 12.8. The Balaban J connectivity index is 1.81. The molecule has 0 bridgehead atoms. The highest BCUT2D eigenvalue weighted by atomic mass is 79.9. The summed E-state index contributed by atoms with van der Waals surface area (Å²) >= 11 is 3.39. The van der Waals surface area contributed by atoms with Crippen LogP contribution in [0, 0.1) is 5.92 Å². The lowest BCUT2D eigenvalue weighted by Crippen LogP contribution is -2.36. The molecule has 2 aromatic carbocycles. The molecular weight excluding hydrogens is 566 g/mol. The van der Waals surface area contributed by atoms with Crippen molar-refractivity contribution in [1.29, 1.82) is 0 Å². The zero-order valence-corrected chi connectivity index (χ0v) is 24.6. The number of Topliss-reactive ketones (excluding diaryl/α,β-unsaturated/α-hetero) is 1. The van der Waals surface area contributed by atoms with Crippen LogP contribution in [0.3, 0.4) is 0 Å². The second-order valence-electron chi connectivity index (χ2n) is 10.2. The van der Waals surface area contributed by atoms with Crippen LogP contribution in [-0.2, 0) is 14.3 Å². The molecule has 2 atom stereocenters. The number of carbonyl (C=O) groups excluding carboxylic acids is 2. The van der Waals surface area contributed by atoms with Crippen molar-refractivity contribution in [2.45, 2.75) is 45.4 Å². The number of ketones is 1. The summed E-state index contributed by atoms with van der Waals surface area (Å²) in [4.78, 5) is 27.3. The molecule has 2 aliphatic rings. The molecule has 2 N–H and O–H groups in total. The zero-order valence-electron chi connectivity index (χ0n) is 23.0. The topological polar surface area (TPSA) is 103 Å². The molecule has 0 unspecified atom stereocenters. The molecule has 208 valence electrons. The third-order valence-corrected chi connectivity index (χ3v) is 7.68. The molecule has 0 aromatic heterocycles. The van der Waals surface area contributed by atoms with Crippen molar-refractivity contribution >= 4 is 27.7 Å². The van der Waals surface area contributed by atoms with Crippen molar-refractivity contribution in [2.75, 3.05) is 27.9 Å². The molecule has 2 aromatic rings. The number of halogens is 1. The number of hydrogen-bond donors (Lipinski definition) is 2.